The second-order valence-electron chi connectivity index (χ2n) is 7.76. The minimum absolute atomic E-state index is 0.136. The molecule has 1 heterocycles. The van der Waals surface area contributed by atoms with Crippen LogP contribution in [0.25, 0.3) is 22.4 Å². The number of hydrogen-bond acceptors (Lipinski definition) is 4. The smallest absolute Gasteiger partial charge is 0.349 e. The van der Waals surface area contributed by atoms with E-state index in [9.17, 15) is 14.9 Å². The summed E-state index contributed by atoms with van der Waals surface area (Å²) in [4.78, 5) is 25.7. The average molecular weight is 455 g/mol. The predicted molar refractivity (Wildman–Crippen MR) is 131 cm³/mol. The molecule has 0 radical (unpaired) electrons. The minimum Gasteiger partial charge on any atom is -0.497 e. The fraction of sp³-hybridized carbons (Fsp3) is 0.111. The van der Waals surface area contributed by atoms with Crippen LogP contribution >= 0.6 is 0 Å². The third kappa shape index (κ3) is 4.23. The highest BCUT2D eigenvalue weighted by atomic mass is 16.6. The minimum atomic E-state index is -0.423. The van der Waals surface area contributed by atoms with E-state index in [4.69, 9.17) is 4.74 Å². The quantitative estimate of drug-likeness (QED) is 0.243. The molecule has 0 aliphatic rings. The van der Waals surface area contributed by atoms with Crippen LogP contribution in [0.5, 0.6) is 5.75 Å². The summed E-state index contributed by atoms with van der Waals surface area (Å²) in [6, 6.07) is 25.1. The molecule has 0 unspecified atom stereocenters. The number of ether oxygens (including phenoxy) is 1. The van der Waals surface area contributed by atoms with Gasteiger partial charge in [0.05, 0.1) is 23.2 Å². The van der Waals surface area contributed by atoms with Gasteiger partial charge in [-0.25, -0.2) is 0 Å². The summed E-state index contributed by atoms with van der Waals surface area (Å²) >= 11 is 0. The van der Waals surface area contributed by atoms with Crippen molar-refractivity contribution in [1.29, 1.82) is 0 Å². The number of aromatic nitrogens is 1. The Labute approximate surface area is 197 Å². The van der Waals surface area contributed by atoms with Crippen LogP contribution in [0.15, 0.2) is 84.9 Å². The molecule has 0 atom stereocenters. The van der Waals surface area contributed by atoms with Gasteiger partial charge in [0.2, 0.25) is 0 Å². The maximum absolute atomic E-state index is 13.6. The van der Waals surface area contributed by atoms with Crippen LogP contribution in [-0.2, 0) is 7.05 Å². The maximum atomic E-state index is 13.6. The summed E-state index contributed by atoms with van der Waals surface area (Å²) in [7, 11) is 3.29. The number of nitrogens with zero attached hydrogens (tertiary/aromatic N) is 2. The summed E-state index contributed by atoms with van der Waals surface area (Å²) in [5.41, 5.74) is 3.22. The van der Waals surface area contributed by atoms with Gasteiger partial charge in [0.15, 0.2) is 5.69 Å². The van der Waals surface area contributed by atoms with Crippen molar-refractivity contribution in [1.82, 2.24) is 0 Å². The number of amides is 1. The molecule has 1 aromatic heterocycles. The summed E-state index contributed by atoms with van der Waals surface area (Å²) in [5, 5.41) is 15.4. The highest BCUT2D eigenvalue weighted by Gasteiger charge is 2.38. The number of hydrogen-bond donors (Lipinski definition) is 1. The third-order valence-corrected chi connectivity index (χ3v) is 5.78. The molecule has 0 fully saturated rings. The molecule has 0 aliphatic carbocycles. The van der Waals surface area contributed by atoms with Crippen molar-refractivity contribution in [3.63, 3.8) is 0 Å². The lowest BCUT2D eigenvalue weighted by atomic mass is 9.92. The first-order chi connectivity index (χ1) is 16.4. The van der Waals surface area contributed by atoms with Crippen molar-refractivity contribution in [3.05, 3.63) is 106 Å². The zero-order valence-electron chi connectivity index (χ0n) is 19.1. The lowest BCUT2D eigenvalue weighted by Gasteiger charge is -2.15. The molecule has 4 aromatic rings. The Morgan fingerprint density at radius 1 is 0.912 bits per heavy atom. The van der Waals surface area contributed by atoms with Gasteiger partial charge in [-0.15, -0.1) is 0 Å². The molecule has 1 N–H and O–H groups in total. The molecule has 1 amide bonds. The van der Waals surface area contributed by atoms with Crippen LogP contribution in [0.3, 0.4) is 0 Å². The number of benzene rings is 3. The Morgan fingerprint density at radius 2 is 1.50 bits per heavy atom. The van der Waals surface area contributed by atoms with Crippen LogP contribution in [0.2, 0.25) is 0 Å². The fourth-order valence-corrected chi connectivity index (χ4v) is 4.05. The second-order valence-corrected chi connectivity index (χ2v) is 7.76. The highest BCUT2D eigenvalue weighted by molar-refractivity contribution is 6.11. The SMILES string of the molecule is COc1ccc(-c2c(C(=O)Nc3ccccc3)c(C)[n+](C)c(-c3ccccc3)c2[N+](=O)[O-])cc1. The molecular formula is C27H24N3O4+. The molecule has 170 valence electrons. The van der Waals surface area contributed by atoms with E-state index in [1.165, 1.54) is 0 Å². The topological polar surface area (TPSA) is 85.3 Å². The van der Waals surface area contributed by atoms with Crippen LogP contribution in [0.1, 0.15) is 16.1 Å². The van der Waals surface area contributed by atoms with Gasteiger partial charge >= 0.3 is 5.69 Å². The number of nitrogens with one attached hydrogen (secondary N) is 1. The summed E-state index contributed by atoms with van der Waals surface area (Å²) < 4.78 is 6.97. The van der Waals surface area contributed by atoms with E-state index in [1.54, 1.807) is 62.0 Å². The molecule has 0 bridgehead atoms. The number of carbonyl (C=O) groups excluding carboxylic acids is 1. The molecule has 0 spiro atoms. The Hall–Kier alpha value is -4.52. The van der Waals surface area contributed by atoms with E-state index in [1.807, 2.05) is 48.5 Å². The maximum Gasteiger partial charge on any atom is 0.349 e. The Kier molecular flexibility index (Phi) is 6.36. The van der Waals surface area contributed by atoms with Gasteiger partial charge in [-0.2, -0.15) is 4.57 Å². The number of rotatable bonds is 6. The molecular weight excluding hydrogens is 430 g/mol. The van der Waals surface area contributed by atoms with Crippen molar-refractivity contribution in [2.45, 2.75) is 6.92 Å². The Bertz CT molecular complexity index is 1350. The number of methoxy groups -OCH3 is 1. The largest absolute Gasteiger partial charge is 0.497 e. The van der Waals surface area contributed by atoms with Crippen molar-refractivity contribution < 1.29 is 19.0 Å². The molecule has 34 heavy (non-hydrogen) atoms. The van der Waals surface area contributed by atoms with Gasteiger partial charge in [0, 0.05) is 12.6 Å². The molecule has 7 nitrogen and oxygen atoms in total. The second kappa shape index (κ2) is 9.54. The van der Waals surface area contributed by atoms with E-state index in [2.05, 4.69) is 5.32 Å². The standard InChI is InChI=1S/C27H23N3O4/c1-18-23(27(31)28-21-12-8-5-9-13-21)24(19-14-16-22(34-3)17-15-19)26(30(32)33)25(29(18)2)20-10-6-4-7-11-20/h4-17H,1-3H3/p+1. The van der Waals surface area contributed by atoms with Gasteiger partial charge in [-0.1, -0.05) is 48.5 Å². The average Bonchev–Trinajstić information content (AvgIpc) is 2.86. The molecule has 4 rings (SSSR count). The van der Waals surface area contributed by atoms with E-state index in [0.29, 0.717) is 34.0 Å². The molecule has 0 saturated heterocycles. The van der Waals surface area contributed by atoms with Gasteiger partial charge in [0.1, 0.15) is 18.4 Å². The van der Waals surface area contributed by atoms with Crippen LogP contribution in [0, 0.1) is 17.0 Å². The predicted octanol–water partition coefficient (Wildman–Crippen LogP) is 5.32. The molecule has 3 aromatic carbocycles. The zero-order chi connectivity index (χ0) is 24.2. The zero-order valence-corrected chi connectivity index (χ0v) is 19.1. The van der Waals surface area contributed by atoms with Crippen LogP contribution in [-0.4, -0.2) is 17.9 Å². The van der Waals surface area contributed by atoms with Crippen molar-refractivity contribution >= 4 is 17.3 Å². The lowest BCUT2D eigenvalue weighted by molar-refractivity contribution is -0.669. The third-order valence-electron chi connectivity index (χ3n) is 5.78. The number of para-hydroxylation sites is 1. The van der Waals surface area contributed by atoms with E-state index >= 15 is 0 Å². The number of carbonyl (C=O) groups is 1. The van der Waals surface area contributed by atoms with Gasteiger partial charge in [-0.05, 0) is 42.0 Å². The number of anilines is 1. The molecule has 0 saturated carbocycles. The first-order valence-electron chi connectivity index (χ1n) is 10.7. The Morgan fingerprint density at radius 3 is 2.06 bits per heavy atom. The van der Waals surface area contributed by atoms with E-state index in [-0.39, 0.29) is 16.8 Å². The summed E-state index contributed by atoms with van der Waals surface area (Å²) in [6.07, 6.45) is 0. The van der Waals surface area contributed by atoms with Crippen molar-refractivity contribution in [2.24, 2.45) is 7.05 Å². The van der Waals surface area contributed by atoms with E-state index in [0.717, 1.165) is 0 Å². The summed E-state index contributed by atoms with van der Waals surface area (Å²) in [6.45, 7) is 1.79. The summed E-state index contributed by atoms with van der Waals surface area (Å²) in [5.74, 6) is 0.191. The van der Waals surface area contributed by atoms with Crippen molar-refractivity contribution in [2.75, 3.05) is 12.4 Å². The van der Waals surface area contributed by atoms with Crippen molar-refractivity contribution in [3.8, 4) is 28.1 Å². The van der Waals surface area contributed by atoms with Crippen LogP contribution < -0.4 is 14.6 Å². The molecule has 0 aliphatic heterocycles. The fourth-order valence-electron chi connectivity index (χ4n) is 4.05. The highest BCUT2D eigenvalue weighted by Crippen LogP contribution is 2.40. The first-order valence-corrected chi connectivity index (χ1v) is 10.7. The lowest BCUT2D eigenvalue weighted by Crippen LogP contribution is -2.39. The van der Waals surface area contributed by atoms with Gasteiger partial charge in [0.25, 0.3) is 11.6 Å². The van der Waals surface area contributed by atoms with Gasteiger partial charge in [-0.3, -0.25) is 14.9 Å². The van der Waals surface area contributed by atoms with Gasteiger partial charge < -0.3 is 10.1 Å². The monoisotopic (exact) mass is 454 g/mol. The Balaban J connectivity index is 2.05. The van der Waals surface area contributed by atoms with Crippen LogP contribution in [0.4, 0.5) is 11.4 Å². The first kappa shape index (κ1) is 22.7. The number of nitro groups is 1. The molecule has 7 heteroatoms. The normalized spacial score (nSPS) is 10.6. The number of pyridine rings is 1. The van der Waals surface area contributed by atoms with E-state index < -0.39 is 10.8 Å².